The fourth-order valence-electron chi connectivity index (χ4n) is 3.71. The van der Waals surface area contributed by atoms with Crippen molar-refractivity contribution in [3.8, 4) is 0 Å². The van der Waals surface area contributed by atoms with Crippen LogP contribution in [0.25, 0.3) is 10.8 Å². The van der Waals surface area contributed by atoms with Crippen LogP contribution in [0.1, 0.15) is 38.4 Å². The summed E-state index contributed by atoms with van der Waals surface area (Å²) in [5.74, 6) is 1.14. The van der Waals surface area contributed by atoms with Crippen molar-refractivity contribution in [2.24, 2.45) is 5.92 Å². The Balaban J connectivity index is 1.74. The fraction of sp³-hybridized carbons (Fsp3) is 0.400. The van der Waals surface area contributed by atoms with E-state index in [9.17, 15) is 9.59 Å². The zero-order valence-electron chi connectivity index (χ0n) is 15.6. The molecular weight excluding hydrogens is 342 g/mol. The van der Waals surface area contributed by atoms with E-state index in [0.717, 1.165) is 24.9 Å². The summed E-state index contributed by atoms with van der Waals surface area (Å²) in [6.45, 7) is 5.79. The molecule has 1 aromatic carbocycles. The minimum Gasteiger partial charge on any atom is -0.342 e. The summed E-state index contributed by atoms with van der Waals surface area (Å²) in [7, 11) is 0. The van der Waals surface area contributed by atoms with Crippen LogP contribution < -0.4 is 16.0 Å². The molecular formula is C20H23N5O2. The van der Waals surface area contributed by atoms with Gasteiger partial charge in [-0.1, -0.05) is 25.1 Å². The van der Waals surface area contributed by atoms with Crippen LogP contribution in [0.15, 0.2) is 46.1 Å². The van der Waals surface area contributed by atoms with Crippen LogP contribution in [0.3, 0.4) is 0 Å². The van der Waals surface area contributed by atoms with Crippen molar-refractivity contribution in [2.45, 2.75) is 32.7 Å². The van der Waals surface area contributed by atoms with Crippen LogP contribution in [0, 0.1) is 5.92 Å². The Bertz CT molecular complexity index is 1090. The molecule has 1 aliphatic rings. The number of hydrogen-bond acceptors (Lipinski definition) is 5. The van der Waals surface area contributed by atoms with Crippen LogP contribution >= 0.6 is 0 Å². The van der Waals surface area contributed by atoms with Gasteiger partial charge >= 0.3 is 0 Å². The molecule has 0 unspecified atom stereocenters. The van der Waals surface area contributed by atoms with Crippen molar-refractivity contribution in [3.63, 3.8) is 0 Å². The van der Waals surface area contributed by atoms with Gasteiger partial charge in [-0.15, -0.1) is 0 Å². The van der Waals surface area contributed by atoms with Crippen molar-refractivity contribution in [3.05, 3.63) is 62.9 Å². The second-order valence-electron chi connectivity index (χ2n) is 7.34. The Morgan fingerprint density at radius 2 is 2.07 bits per heavy atom. The lowest BCUT2D eigenvalue weighted by Crippen LogP contribution is -2.37. The monoisotopic (exact) mass is 365 g/mol. The molecule has 0 amide bonds. The molecule has 2 atom stereocenters. The summed E-state index contributed by atoms with van der Waals surface area (Å²) in [6, 6.07) is 8.37. The second kappa shape index (κ2) is 6.98. The first-order valence-electron chi connectivity index (χ1n) is 9.35. The summed E-state index contributed by atoms with van der Waals surface area (Å²) < 4.78 is 1.40. The smallest absolute Gasteiger partial charge is 0.275 e. The summed E-state index contributed by atoms with van der Waals surface area (Å²) in [5.41, 5.74) is 0.140. The molecule has 0 aliphatic carbocycles. The third-order valence-corrected chi connectivity index (χ3v) is 5.22. The predicted octanol–water partition coefficient (Wildman–Crippen LogP) is 2.33. The highest BCUT2D eigenvalue weighted by Crippen LogP contribution is 2.21. The van der Waals surface area contributed by atoms with E-state index in [1.165, 1.54) is 17.2 Å². The van der Waals surface area contributed by atoms with Gasteiger partial charge in [-0.05, 0) is 31.7 Å². The average Bonchev–Trinajstić information content (AvgIpc) is 2.67. The van der Waals surface area contributed by atoms with Crippen LogP contribution in [-0.4, -0.2) is 32.8 Å². The molecule has 140 valence electrons. The van der Waals surface area contributed by atoms with Gasteiger partial charge in [0, 0.05) is 24.5 Å². The van der Waals surface area contributed by atoms with Crippen LogP contribution in [0.5, 0.6) is 0 Å². The standard InChI is InChI=1S/C20H23N5O2/c1-13-6-5-9-24(12-13)20-22-17(10-18(26)23-20)14(2)25-19(27)16-8-4-3-7-15(16)11-21-25/h3-4,7-8,10-11,13-14H,5-6,9,12H2,1-2H3,(H,22,23,26)/t13-,14-/m0/s1. The molecule has 0 radical (unpaired) electrons. The van der Waals surface area contributed by atoms with Gasteiger partial charge in [0.05, 0.1) is 23.3 Å². The van der Waals surface area contributed by atoms with Crippen molar-refractivity contribution in [2.75, 3.05) is 18.0 Å². The number of hydrogen-bond donors (Lipinski definition) is 1. The van der Waals surface area contributed by atoms with E-state index in [-0.39, 0.29) is 11.1 Å². The predicted molar refractivity (Wildman–Crippen MR) is 105 cm³/mol. The zero-order chi connectivity index (χ0) is 19.0. The SMILES string of the molecule is C[C@H]1CCCN(c2nc([C@H](C)n3ncc4ccccc4c3=O)cc(=O)[nH]2)C1. The first kappa shape index (κ1) is 17.5. The van der Waals surface area contributed by atoms with Gasteiger partial charge in [0.2, 0.25) is 5.95 Å². The number of anilines is 1. The molecule has 27 heavy (non-hydrogen) atoms. The summed E-state index contributed by atoms with van der Waals surface area (Å²) in [4.78, 5) is 34.7. The van der Waals surface area contributed by atoms with Gasteiger partial charge in [0.25, 0.3) is 11.1 Å². The number of aromatic nitrogens is 4. The molecule has 0 spiro atoms. The van der Waals surface area contributed by atoms with Gasteiger partial charge in [0.15, 0.2) is 0 Å². The fourth-order valence-corrected chi connectivity index (χ4v) is 3.71. The number of nitrogens with zero attached hydrogens (tertiary/aromatic N) is 4. The number of fused-ring (bicyclic) bond motifs is 1. The summed E-state index contributed by atoms with van der Waals surface area (Å²) in [5, 5.41) is 5.71. The van der Waals surface area contributed by atoms with E-state index in [1.807, 2.05) is 25.1 Å². The van der Waals surface area contributed by atoms with E-state index in [4.69, 9.17) is 0 Å². The lowest BCUT2D eigenvalue weighted by molar-refractivity contribution is 0.440. The number of aromatic amines is 1. The topological polar surface area (TPSA) is 83.9 Å². The Morgan fingerprint density at radius 1 is 1.26 bits per heavy atom. The number of H-pyrrole nitrogens is 1. The normalized spacial score (nSPS) is 18.6. The molecule has 7 heteroatoms. The van der Waals surface area contributed by atoms with Crippen LogP contribution in [-0.2, 0) is 0 Å². The Morgan fingerprint density at radius 3 is 2.89 bits per heavy atom. The number of nitrogens with one attached hydrogen (secondary N) is 1. The number of benzene rings is 1. The maximum atomic E-state index is 12.8. The summed E-state index contributed by atoms with van der Waals surface area (Å²) >= 11 is 0. The minimum absolute atomic E-state index is 0.184. The van der Waals surface area contributed by atoms with Crippen LogP contribution in [0.4, 0.5) is 5.95 Å². The van der Waals surface area contributed by atoms with Gasteiger partial charge in [-0.3, -0.25) is 14.6 Å². The van der Waals surface area contributed by atoms with Crippen molar-refractivity contribution < 1.29 is 0 Å². The quantitative estimate of drug-likeness (QED) is 0.770. The molecule has 7 nitrogen and oxygen atoms in total. The Hall–Kier alpha value is -2.96. The second-order valence-corrected chi connectivity index (χ2v) is 7.34. The van der Waals surface area contributed by atoms with Gasteiger partial charge in [-0.2, -0.15) is 5.10 Å². The molecule has 1 saturated heterocycles. The lowest BCUT2D eigenvalue weighted by Gasteiger charge is -2.31. The maximum absolute atomic E-state index is 12.8. The third kappa shape index (κ3) is 3.37. The van der Waals surface area contributed by atoms with Crippen molar-refractivity contribution >= 4 is 16.7 Å². The van der Waals surface area contributed by atoms with E-state index in [1.54, 1.807) is 12.3 Å². The zero-order valence-corrected chi connectivity index (χ0v) is 15.6. The molecule has 1 fully saturated rings. The highest BCUT2D eigenvalue weighted by molar-refractivity contribution is 5.80. The van der Waals surface area contributed by atoms with E-state index in [0.29, 0.717) is 22.9 Å². The summed E-state index contributed by atoms with van der Waals surface area (Å²) in [6.07, 6.45) is 3.94. The van der Waals surface area contributed by atoms with E-state index >= 15 is 0 Å². The lowest BCUT2D eigenvalue weighted by atomic mass is 10.0. The first-order valence-corrected chi connectivity index (χ1v) is 9.35. The Labute approximate surface area is 156 Å². The third-order valence-electron chi connectivity index (χ3n) is 5.22. The molecule has 0 saturated carbocycles. The van der Waals surface area contributed by atoms with Crippen LogP contribution in [0.2, 0.25) is 0 Å². The number of rotatable bonds is 3. The molecule has 0 bridgehead atoms. The molecule has 1 N–H and O–H groups in total. The van der Waals surface area contributed by atoms with Gasteiger partial charge in [0.1, 0.15) is 0 Å². The molecule has 4 rings (SSSR count). The van der Waals surface area contributed by atoms with Crippen molar-refractivity contribution in [1.29, 1.82) is 0 Å². The largest absolute Gasteiger partial charge is 0.342 e. The first-order chi connectivity index (χ1) is 13.0. The van der Waals surface area contributed by atoms with E-state index < -0.39 is 6.04 Å². The number of piperidine rings is 1. The molecule has 3 heterocycles. The Kier molecular flexibility index (Phi) is 4.51. The van der Waals surface area contributed by atoms with Gasteiger partial charge in [-0.25, -0.2) is 9.67 Å². The highest BCUT2D eigenvalue weighted by Gasteiger charge is 2.21. The highest BCUT2D eigenvalue weighted by atomic mass is 16.1. The minimum atomic E-state index is -0.439. The van der Waals surface area contributed by atoms with Gasteiger partial charge < -0.3 is 4.90 Å². The van der Waals surface area contributed by atoms with Crippen molar-refractivity contribution in [1.82, 2.24) is 19.7 Å². The van der Waals surface area contributed by atoms with E-state index in [2.05, 4.69) is 26.9 Å². The maximum Gasteiger partial charge on any atom is 0.275 e. The molecule has 3 aromatic rings. The molecule has 1 aliphatic heterocycles. The average molecular weight is 365 g/mol. The molecule has 2 aromatic heterocycles.